The van der Waals surface area contributed by atoms with Crippen molar-refractivity contribution in [1.29, 1.82) is 0 Å². The van der Waals surface area contributed by atoms with Crippen LogP contribution in [0.15, 0.2) is 37.3 Å². The Kier molecular flexibility index (Phi) is 4.30. The minimum atomic E-state index is -0.132. The maximum atomic E-state index is 12.6. The first-order chi connectivity index (χ1) is 12.7. The molecule has 3 aromatic heterocycles. The van der Waals surface area contributed by atoms with Crippen LogP contribution in [0.2, 0.25) is 0 Å². The summed E-state index contributed by atoms with van der Waals surface area (Å²) in [5.41, 5.74) is 0.639. The second-order valence-corrected chi connectivity index (χ2v) is 6.26. The molecule has 1 atom stereocenters. The van der Waals surface area contributed by atoms with Crippen molar-refractivity contribution in [3.8, 4) is 5.82 Å². The van der Waals surface area contributed by atoms with Crippen LogP contribution in [0.3, 0.4) is 0 Å². The lowest BCUT2D eigenvalue weighted by Gasteiger charge is -2.32. The topological polar surface area (TPSA) is 107 Å². The minimum absolute atomic E-state index is 0.132. The lowest BCUT2D eigenvalue weighted by Crippen LogP contribution is -2.42. The molecule has 1 aliphatic heterocycles. The fourth-order valence-electron chi connectivity index (χ4n) is 3.16. The molecule has 0 unspecified atom stereocenters. The molecule has 0 spiro atoms. The lowest BCUT2D eigenvalue weighted by molar-refractivity contribution is 0.190. The molecule has 1 aliphatic rings. The largest absolute Gasteiger partial charge is 0.324 e. The molecular formula is C16H19N9O. The summed E-state index contributed by atoms with van der Waals surface area (Å²) in [6, 6.07) is 3.45. The van der Waals surface area contributed by atoms with Gasteiger partial charge in [0.1, 0.15) is 24.8 Å². The van der Waals surface area contributed by atoms with Crippen molar-refractivity contribution in [2.24, 2.45) is 7.05 Å². The van der Waals surface area contributed by atoms with E-state index in [9.17, 15) is 4.79 Å². The van der Waals surface area contributed by atoms with E-state index < -0.39 is 0 Å². The zero-order valence-electron chi connectivity index (χ0n) is 14.4. The van der Waals surface area contributed by atoms with Gasteiger partial charge in [0.25, 0.3) is 0 Å². The van der Waals surface area contributed by atoms with Gasteiger partial charge in [-0.2, -0.15) is 5.10 Å². The van der Waals surface area contributed by atoms with E-state index in [0.29, 0.717) is 18.1 Å². The predicted molar refractivity (Wildman–Crippen MR) is 92.7 cm³/mol. The molecule has 1 saturated heterocycles. The summed E-state index contributed by atoms with van der Waals surface area (Å²) >= 11 is 0. The van der Waals surface area contributed by atoms with Crippen LogP contribution < -0.4 is 5.32 Å². The fourth-order valence-corrected chi connectivity index (χ4v) is 3.16. The van der Waals surface area contributed by atoms with E-state index in [1.807, 2.05) is 16.5 Å². The van der Waals surface area contributed by atoms with E-state index in [1.54, 1.807) is 35.7 Å². The molecule has 4 rings (SSSR count). The lowest BCUT2D eigenvalue weighted by atomic mass is 9.97. The number of pyridine rings is 1. The maximum Gasteiger partial charge on any atom is 0.321 e. The molecule has 4 heterocycles. The van der Waals surface area contributed by atoms with E-state index in [2.05, 4.69) is 30.6 Å². The molecule has 0 aliphatic carbocycles. The quantitative estimate of drug-likeness (QED) is 0.758. The van der Waals surface area contributed by atoms with Crippen molar-refractivity contribution in [2.45, 2.75) is 18.8 Å². The number of hydrogen-bond acceptors (Lipinski definition) is 6. The van der Waals surface area contributed by atoms with Crippen LogP contribution in [0, 0.1) is 0 Å². The number of aryl methyl sites for hydroxylation is 1. The van der Waals surface area contributed by atoms with Crippen LogP contribution in [0.5, 0.6) is 0 Å². The summed E-state index contributed by atoms with van der Waals surface area (Å²) in [5.74, 6) is 1.76. The molecule has 2 amide bonds. The number of urea groups is 1. The third-order valence-electron chi connectivity index (χ3n) is 4.47. The zero-order valence-corrected chi connectivity index (χ0v) is 14.4. The third kappa shape index (κ3) is 3.25. The maximum absolute atomic E-state index is 12.6. The van der Waals surface area contributed by atoms with Gasteiger partial charge in [0, 0.05) is 26.1 Å². The number of carbonyl (C=O) groups excluding carboxylic acids is 1. The Labute approximate surface area is 149 Å². The van der Waals surface area contributed by atoms with Crippen molar-refractivity contribution in [3.63, 3.8) is 0 Å². The second kappa shape index (κ2) is 6.90. The second-order valence-electron chi connectivity index (χ2n) is 6.26. The highest BCUT2D eigenvalue weighted by atomic mass is 16.2. The van der Waals surface area contributed by atoms with Gasteiger partial charge in [-0.15, -0.1) is 10.2 Å². The normalized spacial score (nSPS) is 17.3. The van der Waals surface area contributed by atoms with Gasteiger partial charge in [0.2, 0.25) is 0 Å². The molecule has 134 valence electrons. The van der Waals surface area contributed by atoms with Crippen LogP contribution in [0.4, 0.5) is 10.5 Å². The molecule has 3 aromatic rings. The number of anilines is 1. The van der Waals surface area contributed by atoms with Gasteiger partial charge in [-0.25, -0.2) is 19.4 Å². The first kappa shape index (κ1) is 16.2. The predicted octanol–water partition coefficient (Wildman–Crippen LogP) is 1.20. The summed E-state index contributed by atoms with van der Waals surface area (Å²) < 4.78 is 3.47. The molecule has 0 radical (unpaired) electrons. The molecule has 0 saturated carbocycles. The van der Waals surface area contributed by atoms with Crippen LogP contribution in [0.25, 0.3) is 5.82 Å². The smallest absolute Gasteiger partial charge is 0.321 e. The third-order valence-corrected chi connectivity index (χ3v) is 4.47. The first-order valence-corrected chi connectivity index (χ1v) is 8.41. The Morgan fingerprint density at radius 3 is 2.92 bits per heavy atom. The highest BCUT2D eigenvalue weighted by Crippen LogP contribution is 2.25. The van der Waals surface area contributed by atoms with E-state index in [4.69, 9.17) is 0 Å². The SMILES string of the molecule is Cn1cnnc1[C@@H]1CCCN(C(=O)Nc2ccc(-n3cncn3)nc2)C1. The van der Waals surface area contributed by atoms with Gasteiger partial charge in [0.05, 0.1) is 11.9 Å². The van der Waals surface area contributed by atoms with Crippen LogP contribution in [-0.4, -0.2) is 58.5 Å². The van der Waals surface area contributed by atoms with E-state index >= 15 is 0 Å². The number of nitrogens with zero attached hydrogens (tertiary/aromatic N) is 8. The molecule has 10 heteroatoms. The molecule has 10 nitrogen and oxygen atoms in total. The number of carbonyl (C=O) groups is 1. The van der Waals surface area contributed by atoms with Crippen molar-refractivity contribution in [2.75, 3.05) is 18.4 Å². The Morgan fingerprint density at radius 2 is 2.23 bits per heavy atom. The molecular weight excluding hydrogens is 334 g/mol. The minimum Gasteiger partial charge on any atom is -0.324 e. The van der Waals surface area contributed by atoms with Gasteiger partial charge < -0.3 is 14.8 Å². The highest BCUT2D eigenvalue weighted by Gasteiger charge is 2.27. The number of likely N-dealkylation sites (tertiary alicyclic amines) is 1. The van der Waals surface area contributed by atoms with E-state index in [-0.39, 0.29) is 11.9 Å². The molecule has 26 heavy (non-hydrogen) atoms. The van der Waals surface area contributed by atoms with Gasteiger partial charge in [-0.05, 0) is 25.0 Å². The molecule has 0 aromatic carbocycles. The molecule has 1 fully saturated rings. The zero-order chi connectivity index (χ0) is 17.9. The standard InChI is InChI=1S/C16H19N9O/c1-23-11-19-22-15(23)12-3-2-6-24(8-12)16(26)21-13-4-5-14(18-7-13)25-10-17-9-20-25/h4-5,7,9-12H,2-3,6,8H2,1H3,(H,21,26)/t12-/m1/s1. The summed E-state index contributed by atoms with van der Waals surface area (Å²) in [6.45, 7) is 1.35. The number of aromatic nitrogens is 7. The van der Waals surface area contributed by atoms with E-state index in [1.165, 1.54) is 6.33 Å². The Morgan fingerprint density at radius 1 is 1.31 bits per heavy atom. The fraction of sp³-hybridized carbons (Fsp3) is 0.375. The van der Waals surface area contributed by atoms with Crippen molar-refractivity contribution in [1.82, 2.24) is 39.4 Å². The van der Waals surface area contributed by atoms with Crippen molar-refractivity contribution < 1.29 is 4.79 Å². The Bertz CT molecular complexity index is 872. The Hall–Kier alpha value is -3.30. The van der Waals surface area contributed by atoms with E-state index in [0.717, 1.165) is 25.2 Å². The van der Waals surface area contributed by atoms with Gasteiger partial charge >= 0.3 is 6.03 Å². The van der Waals surface area contributed by atoms with Crippen molar-refractivity contribution in [3.05, 3.63) is 43.1 Å². The molecule has 1 N–H and O–H groups in total. The Balaban J connectivity index is 1.40. The average Bonchev–Trinajstić information content (AvgIpc) is 3.34. The number of rotatable bonds is 3. The van der Waals surface area contributed by atoms with Crippen LogP contribution in [0.1, 0.15) is 24.6 Å². The number of piperidine rings is 1. The number of nitrogens with one attached hydrogen (secondary N) is 1. The summed E-state index contributed by atoms with van der Waals surface area (Å²) in [5, 5.41) is 15.0. The average molecular weight is 353 g/mol. The highest BCUT2D eigenvalue weighted by molar-refractivity contribution is 5.89. The summed E-state index contributed by atoms with van der Waals surface area (Å²) in [4.78, 5) is 22.6. The summed E-state index contributed by atoms with van der Waals surface area (Å²) in [7, 11) is 1.93. The summed E-state index contributed by atoms with van der Waals surface area (Å²) in [6.07, 6.45) is 8.26. The molecule has 0 bridgehead atoms. The number of hydrogen-bond donors (Lipinski definition) is 1. The monoisotopic (exact) mass is 353 g/mol. The van der Waals surface area contributed by atoms with Gasteiger partial charge in [-0.1, -0.05) is 0 Å². The first-order valence-electron chi connectivity index (χ1n) is 8.41. The van der Waals surface area contributed by atoms with Crippen LogP contribution in [-0.2, 0) is 7.05 Å². The van der Waals surface area contributed by atoms with Crippen LogP contribution >= 0.6 is 0 Å². The number of amides is 2. The van der Waals surface area contributed by atoms with Gasteiger partial charge in [-0.3, -0.25) is 0 Å². The van der Waals surface area contributed by atoms with Gasteiger partial charge in [0.15, 0.2) is 5.82 Å². The van der Waals surface area contributed by atoms with Crippen molar-refractivity contribution >= 4 is 11.7 Å².